The molecular weight excluding hydrogens is 384 g/mol. The fourth-order valence-electron chi connectivity index (χ4n) is 4.03. The molecule has 1 heteroatoms. The number of halogens is 1. The van der Waals surface area contributed by atoms with E-state index in [0.29, 0.717) is 0 Å². The van der Waals surface area contributed by atoms with E-state index >= 15 is 0 Å². The van der Waals surface area contributed by atoms with Crippen LogP contribution in [0.3, 0.4) is 0 Å². The maximum absolute atomic E-state index is 5.38. The van der Waals surface area contributed by atoms with Crippen molar-refractivity contribution in [3.8, 4) is 0 Å². The average Bonchev–Trinajstić information content (AvgIpc) is 2.77. The molecule has 0 radical (unpaired) electrons. The highest BCUT2D eigenvalue weighted by Crippen LogP contribution is 2.15. The molecule has 0 rings (SSSR count). The Balaban J connectivity index is 0. The smallest absolute Gasteiger partial charge is 0.0223 e. The zero-order chi connectivity index (χ0) is 22.4. The topological polar surface area (TPSA) is 0 Å². The first kappa shape index (κ1) is 32.5. The second-order valence-corrected chi connectivity index (χ2v) is 9.85. The van der Waals surface area contributed by atoms with Crippen LogP contribution in [0.4, 0.5) is 0 Å². The van der Waals surface area contributed by atoms with Crippen molar-refractivity contribution in [3.63, 3.8) is 0 Å². The lowest BCUT2D eigenvalue weighted by molar-refractivity contribution is 0.520. The van der Waals surface area contributed by atoms with Crippen LogP contribution in [-0.2, 0) is 0 Å². The van der Waals surface area contributed by atoms with Crippen LogP contribution < -0.4 is 0 Å². The molecule has 0 fully saturated rings. The summed E-state index contributed by atoms with van der Waals surface area (Å²) in [6, 6.07) is 0. The molecule has 0 spiro atoms. The summed E-state index contributed by atoms with van der Waals surface area (Å²) in [6.07, 6.45) is 36.1. The Bertz CT molecular complexity index is 225. The van der Waals surface area contributed by atoms with Gasteiger partial charge in [-0.15, -0.1) is 11.6 Å². The number of alkyl halides is 1. The Morgan fingerprint density at radius 1 is 0.267 bits per heavy atom. The van der Waals surface area contributed by atoms with E-state index in [9.17, 15) is 0 Å². The molecule has 0 bridgehead atoms. The minimum atomic E-state index is 0.827. The fourth-order valence-corrected chi connectivity index (χ4v) is 4.22. The Labute approximate surface area is 198 Å². The van der Waals surface area contributed by atoms with E-state index in [1.807, 2.05) is 0 Å². The Kier molecular flexibility index (Phi) is 36.7. The number of hydrogen-bond acceptors (Lipinski definition) is 0. The number of unbranched alkanes of at least 4 members (excludes halogenated alkanes) is 23. The zero-order valence-electron chi connectivity index (χ0n) is 21.8. The van der Waals surface area contributed by atoms with Gasteiger partial charge in [0.15, 0.2) is 0 Å². The van der Waals surface area contributed by atoms with Crippen LogP contribution in [0.25, 0.3) is 0 Å². The minimum absolute atomic E-state index is 0.827. The lowest BCUT2D eigenvalue weighted by Gasteiger charge is -2.04. The summed E-state index contributed by atoms with van der Waals surface area (Å²) in [7, 11) is 0. The largest absolute Gasteiger partial charge is 0.127 e. The molecular formula is C29H61Cl. The molecule has 30 heavy (non-hydrogen) atoms. The summed E-state index contributed by atoms with van der Waals surface area (Å²) >= 11 is 5.38. The highest BCUT2D eigenvalue weighted by atomic mass is 35.5. The van der Waals surface area contributed by atoms with Gasteiger partial charge in [0, 0.05) is 5.88 Å². The number of rotatable bonds is 24. The first-order valence-electron chi connectivity index (χ1n) is 14.4. The van der Waals surface area contributed by atoms with E-state index in [-0.39, 0.29) is 0 Å². The second kappa shape index (κ2) is 33.9. The van der Waals surface area contributed by atoms with E-state index in [4.69, 9.17) is 11.6 Å². The molecule has 0 aliphatic heterocycles. The highest BCUT2D eigenvalue weighted by Gasteiger charge is 1.95. The Morgan fingerprint density at radius 3 is 0.567 bits per heavy atom. The van der Waals surface area contributed by atoms with Crippen LogP contribution >= 0.6 is 11.6 Å². The predicted molar refractivity (Wildman–Crippen MR) is 143 cm³/mol. The third-order valence-electron chi connectivity index (χ3n) is 6.19. The maximum atomic E-state index is 5.38. The van der Waals surface area contributed by atoms with Crippen LogP contribution in [0, 0.1) is 0 Å². The molecule has 0 atom stereocenters. The van der Waals surface area contributed by atoms with Crippen molar-refractivity contribution in [1.82, 2.24) is 0 Å². The lowest BCUT2D eigenvalue weighted by atomic mass is 10.0. The van der Waals surface area contributed by atoms with Crippen molar-refractivity contribution in [2.75, 3.05) is 5.88 Å². The van der Waals surface area contributed by atoms with Gasteiger partial charge in [-0.05, 0) is 6.42 Å². The van der Waals surface area contributed by atoms with Crippen molar-refractivity contribution in [2.24, 2.45) is 0 Å². The molecule has 0 aliphatic rings. The quantitative estimate of drug-likeness (QED) is 0.102. The van der Waals surface area contributed by atoms with Crippen LogP contribution in [0.15, 0.2) is 0 Å². The molecule has 0 amide bonds. The van der Waals surface area contributed by atoms with E-state index in [1.165, 1.54) is 161 Å². The summed E-state index contributed by atoms with van der Waals surface area (Å²) < 4.78 is 0. The summed E-state index contributed by atoms with van der Waals surface area (Å²) in [5.74, 6) is 0.827. The van der Waals surface area contributed by atoms with Crippen LogP contribution in [0.1, 0.15) is 181 Å². The van der Waals surface area contributed by atoms with E-state index in [2.05, 4.69) is 20.8 Å². The van der Waals surface area contributed by atoms with Crippen molar-refractivity contribution in [1.29, 1.82) is 0 Å². The normalized spacial score (nSPS) is 10.8. The van der Waals surface area contributed by atoms with Crippen molar-refractivity contribution >= 4 is 11.6 Å². The minimum Gasteiger partial charge on any atom is -0.127 e. The van der Waals surface area contributed by atoms with Crippen LogP contribution in [-0.4, -0.2) is 5.88 Å². The van der Waals surface area contributed by atoms with Gasteiger partial charge in [0.2, 0.25) is 0 Å². The molecule has 0 aromatic carbocycles. The Hall–Kier alpha value is 0.290. The average molecular weight is 445 g/mol. The van der Waals surface area contributed by atoms with Crippen molar-refractivity contribution in [3.05, 3.63) is 0 Å². The van der Waals surface area contributed by atoms with Gasteiger partial charge in [0.1, 0.15) is 0 Å². The predicted octanol–water partition coefficient (Wildman–Crippen LogP) is 12.0. The van der Waals surface area contributed by atoms with Crippen molar-refractivity contribution < 1.29 is 0 Å². The SMILES string of the molecule is CCCCCCCCCCCCCCCCCCCCCCCC.CCCCCCl. The van der Waals surface area contributed by atoms with E-state index in [1.54, 1.807) is 0 Å². The van der Waals surface area contributed by atoms with Gasteiger partial charge in [0.25, 0.3) is 0 Å². The molecule has 0 unspecified atom stereocenters. The monoisotopic (exact) mass is 444 g/mol. The third-order valence-corrected chi connectivity index (χ3v) is 6.46. The summed E-state index contributed by atoms with van der Waals surface area (Å²) in [5, 5.41) is 0. The lowest BCUT2D eigenvalue weighted by Crippen LogP contribution is -1.84. The first-order chi connectivity index (χ1) is 14.8. The molecule has 0 N–H and O–H groups in total. The molecule has 0 saturated heterocycles. The van der Waals surface area contributed by atoms with Gasteiger partial charge in [0.05, 0.1) is 0 Å². The van der Waals surface area contributed by atoms with Gasteiger partial charge >= 0.3 is 0 Å². The molecule has 0 heterocycles. The molecule has 184 valence electrons. The maximum Gasteiger partial charge on any atom is 0.0223 e. The summed E-state index contributed by atoms with van der Waals surface area (Å²) in [6.45, 7) is 6.78. The molecule has 0 aromatic heterocycles. The van der Waals surface area contributed by atoms with E-state index in [0.717, 1.165) is 5.88 Å². The van der Waals surface area contributed by atoms with Gasteiger partial charge in [-0.1, -0.05) is 175 Å². The van der Waals surface area contributed by atoms with Crippen LogP contribution in [0.5, 0.6) is 0 Å². The standard InChI is InChI=1S/C24H50.C5H11Cl/c1-3-5-7-9-11-13-15-17-19-21-23-24-22-20-18-16-14-12-10-8-6-4-2;1-2-3-4-5-6/h3-24H2,1-2H3;2-5H2,1H3. The van der Waals surface area contributed by atoms with Crippen LogP contribution in [0.2, 0.25) is 0 Å². The fraction of sp³-hybridized carbons (Fsp3) is 1.00. The zero-order valence-corrected chi connectivity index (χ0v) is 22.5. The Morgan fingerprint density at radius 2 is 0.433 bits per heavy atom. The molecule has 0 nitrogen and oxygen atoms in total. The van der Waals surface area contributed by atoms with Crippen molar-refractivity contribution in [2.45, 2.75) is 181 Å². The highest BCUT2D eigenvalue weighted by molar-refractivity contribution is 6.17. The van der Waals surface area contributed by atoms with Gasteiger partial charge < -0.3 is 0 Å². The van der Waals surface area contributed by atoms with Gasteiger partial charge in [-0.2, -0.15) is 0 Å². The second-order valence-electron chi connectivity index (χ2n) is 9.47. The van der Waals surface area contributed by atoms with Gasteiger partial charge in [-0.3, -0.25) is 0 Å². The summed E-state index contributed by atoms with van der Waals surface area (Å²) in [4.78, 5) is 0. The molecule has 0 saturated carbocycles. The molecule has 0 aromatic rings. The van der Waals surface area contributed by atoms with E-state index < -0.39 is 0 Å². The third kappa shape index (κ3) is 35.7. The van der Waals surface area contributed by atoms with Gasteiger partial charge in [-0.25, -0.2) is 0 Å². The first-order valence-corrected chi connectivity index (χ1v) is 14.9. The molecule has 0 aliphatic carbocycles. The number of hydrogen-bond donors (Lipinski definition) is 0. The summed E-state index contributed by atoms with van der Waals surface area (Å²) in [5.41, 5.74) is 0.